The van der Waals surface area contributed by atoms with Gasteiger partial charge in [0.25, 0.3) is 0 Å². The number of hydrogen-bond acceptors (Lipinski definition) is 2. The molecule has 1 saturated carbocycles. The second kappa shape index (κ2) is 4.95. The van der Waals surface area contributed by atoms with E-state index in [1.165, 1.54) is 31.7 Å². The normalized spacial score (nSPS) is 21.8. The summed E-state index contributed by atoms with van der Waals surface area (Å²) in [6.45, 7) is 1.75. The van der Waals surface area contributed by atoms with Gasteiger partial charge in [-0.15, -0.1) is 0 Å². The van der Waals surface area contributed by atoms with Gasteiger partial charge in [0.2, 0.25) is 0 Å². The Morgan fingerprint density at radius 2 is 1.79 bits per heavy atom. The molecule has 0 bridgehead atoms. The van der Waals surface area contributed by atoms with Gasteiger partial charge in [0, 0.05) is 18.7 Å². The standard InChI is InChI=1S/C16H20FNO/c17-14-5-3-4-13(12-19)15(14)18-10-8-16(9-11-18)6-1-2-7-16/h3-5,12H,1-2,6-11H2. The summed E-state index contributed by atoms with van der Waals surface area (Å²) in [5, 5.41) is 0. The summed E-state index contributed by atoms with van der Waals surface area (Å²) in [6.07, 6.45) is 8.40. The Bertz CT molecular complexity index is 470. The minimum atomic E-state index is -0.271. The van der Waals surface area contributed by atoms with Crippen LogP contribution in [0.3, 0.4) is 0 Å². The number of carbonyl (C=O) groups is 1. The van der Waals surface area contributed by atoms with Gasteiger partial charge in [-0.1, -0.05) is 18.9 Å². The zero-order chi connectivity index (χ0) is 13.3. The molecule has 2 aliphatic rings. The van der Waals surface area contributed by atoms with Crippen LogP contribution < -0.4 is 4.90 Å². The SMILES string of the molecule is O=Cc1cccc(F)c1N1CCC2(CCCC2)CC1. The van der Waals surface area contributed by atoms with E-state index in [1.807, 2.05) is 0 Å². The van der Waals surface area contributed by atoms with Crippen molar-refractivity contribution in [2.45, 2.75) is 38.5 Å². The summed E-state index contributed by atoms with van der Waals surface area (Å²) in [6, 6.07) is 4.75. The lowest BCUT2D eigenvalue weighted by molar-refractivity contribution is 0.112. The second-order valence-electron chi connectivity index (χ2n) is 5.99. The minimum Gasteiger partial charge on any atom is -0.369 e. The average molecular weight is 261 g/mol. The van der Waals surface area contributed by atoms with Gasteiger partial charge in [0.05, 0.1) is 5.69 Å². The van der Waals surface area contributed by atoms with Gasteiger partial charge in [-0.25, -0.2) is 4.39 Å². The molecule has 0 N–H and O–H groups in total. The third-order valence-electron chi connectivity index (χ3n) is 4.95. The van der Waals surface area contributed by atoms with Crippen molar-refractivity contribution in [3.8, 4) is 0 Å². The lowest BCUT2D eigenvalue weighted by atomic mass is 9.77. The van der Waals surface area contributed by atoms with Crippen LogP contribution in [0.5, 0.6) is 0 Å². The van der Waals surface area contributed by atoms with Gasteiger partial charge < -0.3 is 4.90 Å². The van der Waals surface area contributed by atoms with E-state index < -0.39 is 0 Å². The van der Waals surface area contributed by atoms with Crippen molar-refractivity contribution in [1.29, 1.82) is 0 Å². The molecule has 1 aromatic carbocycles. The molecule has 3 rings (SSSR count). The van der Waals surface area contributed by atoms with Crippen LogP contribution in [0.2, 0.25) is 0 Å². The van der Waals surface area contributed by atoms with Crippen molar-refractivity contribution in [2.24, 2.45) is 5.41 Å². The molecule has 3 heteroatoms. The predicted molar refractivity (Wildman–Crippen MR) is 74.1 cm³/mol. The highest BCUT2D eigenvalue weighted by Crippen LogP contribution is 2.47. The molecule has 1 aliphatic heterocycles. The van der Waals surface area contributed by atoms with E-state index in [1.54, 1.807) is 12.1 Å². The highest BCUT2D eigenvalue weighted by Gasteiger charge is 2.37. The number of aldehydes is 1. The van der Waals surface area contributed by atoms with E-state index in [9.17, 15) is 9.18 Å². The molecule has 2 nitrogen and oxygen atoms in total. The van der Waals surface area contributed by atoms with Crippen molar-refractivity contribution >= 4 is 12.0 Å². The molecule has 0 aromatic heterocycles. The summed E-state index contributed by atoms with van der Waals surface area (Å²) in [7, 11) is 0. The average Bonchev–Trinajstić information content (AvgIpc) is 2.88. The lowest BCUT2D eigenvalue weighted by Crippen LogP contribution is -2.39. The number of carbonyl (C=O) groups excluding carboxylic acids is 1. The number of benzene rings is 1. The number of rotatable bonds is 2. The Balaban J connectivity index is 1.80. The molecular formula is C16H20FNO. The topological polar surface area (TPSA) is 20.3 Å². The van der Waals surface area contributed by atoms with E-state index in [-0.39, 0.29) is 5.82 Å². The van der Waals surface area contributed by atoms with Gasteiger partial charge >= 0.3 is 0 Å². The van der Waals surface area contributed by atoms with Crippen LogP contribution >= 0.6 is 0 Å². The first-order chi connectivity index (χ1) is 9.24. The van der Waals surface area contributed by atoms with Crippen molar-refractivity contribution in [2.75, 3.05) is 18.0 Å². The van der Waals surface area contributed by atoms with Crippen molar-refractivity contribution < 1.29 is 9.18 Å². The molecule has 1 aromatic rings. The van der Waals surface area contributed by atoms with E-state index in [0.29, 0.717) is 16.7 Å². The third-order valence-corrected chi connectivity index (χ3v) is 4.95. The number of piperidine rings is 1. The van der Waals surface area contributed by atoms with E-state index in [4.69, 9.17) is 0 Å². The van der Waals surface area contributed by atoms with Crippen LogP contribution in [-0.2, 0) is 0 Å². The highest BCUT2D eigenvalue weighted by molar-refractivity contribution is 5.84. The first-order valence-electron chi connectivity index (χ1n) is 7.23. The summed E-state index contributed by atoms with van der Waals surface area (Å²) in [4.78, 5) is 13.1. The van der Waals surface area contributed by atoms with Crippen molar-refractivity contribution in [3.63, 3.8) is 0 Å². The zero-order valence-electron chi connectivity index (χ0n) is 11.2. The van der Waals surface area contributed by atoms with Gasteiger partial charge in [-0.2, -0.15) is 0 Å². The second-order valence-corrected chi connectivity index (χ2v) is 5.99. The molecule has 1 saturated heterocycles. The van der Waals surface area contributed by atoms with E-state index >= 15 is 0 Å². The fourth-order valence-electron chi connectivity index (χ4n) is 3.79. The van der Waals surface area contributed by atoms with Crippen LogP contribution in [0, 0.1) is 11.2 Å². The van der Waals surface area contributed by atoms with Gasteiger partial charge in [0.1, 0.15) is 5.82 Å². The number of anilines is 1. The summed E-state index contributed by atoms with van der Waals surface area (Å²) < 4.78 is 14.0. The lowest BCUT2D eigenvalue weighted by Gasteiger charge is -2.40. The van der Waals surface area contributed by atoms with Crippen LogP contribution in [-0.4, -0.2) is 19.4 Å². The van der Waals surface area contributed by atoms with Crippen LogP contribution in [0.25, 0.3) is 0 Å². The fourth-order valence-corrected chi connectivity index (χ4v) is 3.79. The zero-order valence-corrected chi connectivity index (χ0v) is 11.2. The molecule has 0 radical (unpaired) electrons. The summed E-state index contributed by atoms with van der Waals surface area (Å²) in [5.74, 6) is -0.271. The third kappa shape index (κ3) is 2.26. The molecule has 102 valence electrons. The molecule has 1 aliphatic carbocycles. The Labute approximate surface area is 113 Å². The van der Waals surface area contributed by atoms with Gasteiger partial charge in [-0.3, -0.25) is 4.79 Å². The minimum absolute atomic E-state index is 0.271. The van der Waals surface area contributed by atoms with Crippen LogP contribution in [0.4, 0.5) is 10.1 Å². The quantitative estimate of drug-likeness (QED) is 0.755. The van der Waals surface area contributed by atoms with E-state index in [0.717, 1.165) is 32.2 Å². The number of halogens is 1. The number of nitrogens with zero attached hydrogens (tertiary/aromatic N) is 1. The molecule has 2 fully saturated rings. The summed E-state index contributed by atoms with van der Waals surface area (Å²) in [5.41, 5.74) is 1.50. The Morgan fingerprint density at radius 1 is 1.11 bits per heavy atom. The van der Waals surface area contributed by atoms with Gasteiger partial charge in [-0.05, 0) is 43.2 Å². The number of para-hydroxylation sites is 1. The molecular weight excluding hydrogens is 241 g/mol. The molecule has 1 spiro atoms. The molecule has 0 unspecified atom stereocenters. The largest absolute Gasteiger partial charge is 0.369 e. The highest BCUT2D eigenvalue weighted by atomic mass is 19.1. The Kier molecular flexibility index (Phi) is 3.29. The smallest absolute Gasteiger partial charge is 0.152 e. The predicted octanol–water partition coefficient (Wildman–Crippen LogP) is 3.80. The maximum absolute atomic E-state index is 14.0. The van der Waals surface area contributed by atoms with E-state index in [2.05, 4.69) is 4.90 Å². The first kappa shape index (κ1) is 12.6. The Morgan fingerprint density at radius 3 is 2.42 bits per heavy atom. The first-order valence-corrected chi connectivity index (χ1v) is 7.23. The van der Waals surface area contributed by atoms with Gasteiger partial charge in [0.15, 0.2) is 6.29 Å². The van der Waals surface area contributed by atoms with Crippen LogP contribution in [0.15, 0.2) is 18.2 Å². The fraction of sp³-hybridized carbons (Fsp3) is 0.562. The molecule has 19 heavy (non-hydrogen) atoms. The van der Waals surface area contributed by atoms with Crippen molar-refractivity contribution in [1.82, 2.24) is 0 Å². The maximum atomic E-state index is 14.0. The molecule has 0 atom stereocenters. The van der Waals surface area contributed by atoms with Crippen molar-refractivity contribution in [3.05, 3.63) is 29.6 Å². The maximum Gasteiger partial charge on any atom is 0.152 e. The molecule has 0 amide bonds. The summed E-state index contributed by atoms with van der Waals surface area (Å²) >= 11 is 0. The van der Waals surface area contributed by atoms with Crippen LogP contribution in [0.1, 0.15) is 48.9 Å². The monoisotopic (exact) mass is 261 g/mol. The Hall–Kier alpha value is -1.38. The molecule has 1 heterocycles. The number of hydrogen-bond donors (Lipinski definition) is 0.